The molecule has 1 rings (SSSR count). The number of carbonyl (C=O) groups is 2. The molecule has 0 aromatic heterocycles. The van der Waals surface area contributed by atoms with E-state index in [0.717, 1.165) is 51.4 Å². The van der Waals surface area contributed by atoms with Gasteiger partial charge in [0.2, 0.25) is 0 Å². The number of ether oxygens (including phenoxy) is 1. The molecular formula is C23H50HfO7Si. The van der Waals surface area contributed by atoms with Crippen LogP contribution in [-0.2, 0) is 40.2 Å². The second-order valence-corrected chi connectivity index (χ2v) is 13.0. The molecule has 0 aliphatic heterocycles. The molecule has 1 saturated carbocycles. The molecule has 1 aliphatic rings. The Bertz CT molecular complexity index is 402. The summed E-state index contributed by atoms with van der Waals surface area (Å²) >= 11 is 0. The molecule has 0 spiro atoms. The van der Waals surface area contributed by atoms with Crippen LogP contribution in [0.25, 0.3) is 0 Å². The summed E-state index contributed by atoms with van der Waals surface area (Å²) < 4.78 is 5.10. The molecule has 0 aromatic rings. The van der Waals surface area contributed by atoms with Crippen LogP contribution in [0.3, 0.4) is 0 Å². The molecule has 1 aliphatic carbocycles. The maximum Gasteiger partial charge on any atom is 0.309 e. The Balaban J connectivity index is -0.000000202. The van der Waals surface area contributed by atoms with Gasteiger partial charge >= 0.3 is 11.9 Å². The molecule has 192 valence electrons. The number of rotatable bonds is 9. The average molecular weight is 645 g/mol. The third-order valence-electron chi connectivity index (χ3n) is 4.15. The second kappa shape index (κ2) is 27.2. The van der Waals surface area contributed by atoms with Gasteiger partial charge in [0.15, 0.2) is 8.32 Å². The Morgan fingerprint density at radius 2 is 1.22 bits per heavy atom. The zero-order valence-electron chi connectivity index (χ0n) is 21.4. The van der Waals surface area contributed by atoms with Crippen LogP contribution in [0.4, 0.5) is 0 Å². The predicted molar refractivity (Wildman–Crippen MR) is 129 cm³/mol. The van der Waals surface area contributed by atoms with Gasteiger partial charge in [-0.05, 0) is 51.7 Å². The van der Waals surface area contributed by atoms with Gasteiger partial charge in [-0.1, -0.05) is 52.9 Å². The smallest absolute Gasteiger partial charge is 0.309 e. The minimum atomic E-state index is -1.61. The van der Waals surface area contributed by atoms with E-state index in [0.29, 0.717) is 32.7 Å². The summed E-state index contributed by atoms with van der Waals surface area (Å²) in [4.78, 5) is 31.4. The fourth-order valence-corrected chi connectivity index (χ4v) is 2.45. The Kier molecular flexibility index (Phi) is 33.2. The van der Waals surface area contributed by atoms with Crippen LogP contribution in [0.2, 0.25) is 19.6 Å². The average Bonchev–Trinajstić information content (AvgIpc) is 2.69. The van der Waals surface area contributed by atoms with Crippen LogP contribution in [0.15, 0.2) is 0 Å². The van der Waals surface area contributed by atoms with Crippen molar-refractivity contribution in [2.75, 3.05) is 19.8 Å². The minimum absolute atomic E-state index is 0. The molecule has 0 heterocycles. The summed E-state index contributed by atoms with van der Waals surface area (Å²) in [6.45, 7) is 12.9. The van der Waals surface area contributed by atoms with Gasteiger partial charge in [-0.3, -0.25) is 9.59 Å². The van der Waals surface area contributed by atoms with Crippen molar-refractivity contribution in [1.82, 2.24) is 0 Å². The third-order valence-corrected chi connectivity index (χ3v) is 4.15. The van der Waals surface area contributed by atoms with Crippen molar-refractivity contribution in [3.63, 3.8) is 0 Å². The minimum Gasteiger partial charge on any atom is -0.481 e. The number of unbranched alkanes of at least 4 members (excludes halogenated alkanes) is 3. The fraction of sp³-hybridized carbons (Fsp3) is 0.913. The van der Waals surface area contributed by atoms with Crippen LogP contribution in [0.5, 0.6) is 0 Å². The van der Waals surface area contributed by atoms with E-state index in [1.165, 1.54) is 0 Å². The van der Waals surface area contributed by atoms with E-state index >= 15 is 0 Å². The number of esters is 1. The van der Waals surface area contributed by atoms with Gasteiger partial charge in [-0.2, -0.15) is 0 Å². The van der Waals surface area contributed by atoms with Gasteiger partial charge < -0.3 is 24.9 Å². The molecule has 0 aromatic carbocycles. The van der Waals surface area contributed by atoms with Gasteiger partial charge in [0.25, 0.3) is 0 Å². The van der Waals surface area contributed by atoms with Crippen molar-refractivity contribution in [2.24, 2.45) is 11.8 Å². The topological polar surface area (TPSA) is 124 Å². The maximum absolute atomic E-state index is 11.7. The van der Waals surface area contributed by atoms with Crippen molar-refractivity contribution in [1.29, 1.82) is 0 Å². The molecule has 32 heavy (non-hydrogen) atoms. The Morgan fingerprint density at radius 3 is 1.50 bits per heavy atom. The van der Waals surface area contributed by atoms with E-state index in [2.05, 4.69) is 13.8 Å². The second-order valence-electron chi connectivity index (χ2n) is 8.68. The van der Waals surface area contributed by atoms with Crippen molar-refractivity contribution >= 4 is 20.3 Å². The molecule has 0 amide bonds. The quantitative estimate of drug-likeness (QED) is 0.164. The van der Waals surface area contributed by atoms with Gasteiger partial charge in [0.1, 0.15) is 0 Å². The number of hydrogen-bond acceptors (Lipinski definition) is 6. The Hall–Kier alpha value is -0.0930. The fourth-order valence-electron chi connectivity index (χ4n) is 2.45. The van der Waals surface area contributed by atoms with Gasteiger partial charge in [0.05, 0.1) is 18.4 Å². The molecule has 1 fully saturated rings. The summed E-state index contributed by atoms with van der Waals surface area (Å²) in [5.41, 5.74) is 0. The van der Waals surface area contributed by atoms with E-state index in [1.807, 2.05) is 26.6 Å². The number of hydrogen-bond donors (Lipinski definition) is 4. The largest absolute Gasteiger partial charge is 0.481 e. The number of carboxylic acids is 1. The molecule has 0 bridgehead atoms. The number of carboxylic acid groups (broad SMARTS) is 1. The molecule has 0 saturated heterocycles. The molecule has 2 unspecified atom stereocenters. The van der Waals surface area contributed by atoms with E-state index in [1.54, 1.807) is 0 Å². The zero-order valence-corrected chi connectivity index (χ0v) is 26.0. The SMILES string of the molecule is CCCCO.CCCCO.CCCCOC(=O)C1CCCCC1C(=O)O.C[Si](C)(C)O.[Hf]. The molecule has 0 radical (unpaired) electrons. The normalized spacial score (nSPS) is 17.0. The molecule has 9 heteroatoms. The molecular weight excluding hydrogens is 595 g/mol. The first-order valence-electron chi connectivity index (χ1n) is 11.8. The third kappa shape index (κ3) is 32.1. The Labute approximate surface area is 216 Å². The van der Waals surface area contributed by atoms with Crippen molar-refractivity contribution in [3.05, 3.63) is 0 Å². The summed E-state index contributed by atoms with van der Waals surface area (Å²) in [6, 6.07) is 0. The number of aliphatic carboxylic acids is 1. The summed E-state index contributed by atoms with van der Waals surface area (Å²) in [5, 5.41) is 25.2. The van der Waals surface area contributed by atoms with Crippen LogP contribution >= 0.6 is 0 Å². The standard InChI is InChI=1S/C12H20O4.2C4H10O.C3H10OSi.Hf/c1-2-3-8-16-12(15)10-7-5-4-6-9(10)11(13)14;2*1-2-3-4-5;1-5(2,3)4;/h9-10H,2-8H2,1H3,(H,13,14);2*5H,2-4H2,1H3;4H,1-3H3;. The van der Waals surface area contributed by atoms with E-state index in [-0.39, 0.29) is 31.8 Å². The zero-order chi connectivity index (χ0) is 24.7. The van der Waals surface area contributed by atoms with Crippen LogP contribution in [0, 0.1) is 11.8 Å². The first kappa shape index (κ1) is 39.1. The van der Waals surface area contributed by atoms with Crippen molar-refractivity contribution in [2.45, 2.75) is 105 Å². The van der Waals surface area contributed by atoms with E-state index < -0.39 is 26.1 Å². The van der Waals surface area contributed by atoms with Crippen LogP contribution in [0.1, 0.15) is 85.0 Å². The summed E-state index contributed by atoms with van der Waals surface area (Å²) in [5.74, 6) is -2.15. The van der Waals surface area contributed by atoms with Crippen molar-refractivity contribution in [3.8, 4) is 0 Å². The monoisotopic (exact) mass is 646 g/mol. The number of aliphatic hydroxyl groups excluding tert-OH is 2. The first-order valence-corrected chi connectivity index (χ1v) is 15.3. The van der Waals surface area contributed by atoms with E-state index in [9.17, 15) is 9.59 Å². The number of aliphatic hydroxyl groups is 2. The summed E-state index contributed by atoms with van der Waals surface area (Å²) in [6.07, 6.45) is 8.97. The van der Waals surface area contributed by atoms with Crippen LogP contribution in [-0.4, -0.2) is 60.2 Å². The van der Waals surface area contributed by atoms with Gasteiger partial charge in [0, 0.05) is 39.1 Å². The summed E-state index contributed by atoms with van der Waals surface area (Å²) in [7, 11) is -1.61. The number of carbonyl (C=O) groups excluding carboxylic acids is 1. The maximum atomic E-state index is 11.7. The first-order chi connectivity index (χ1) is 14.5. The van der Waals surface area contributed by atoms with Gasteiger partial charge in [-0.25, -0.2) is 0 Å². The van der Waals surface area contributed by atoms with Crippen molar-refractivity contribution < 1.29 is 60.3 Å². The molecule has 7 nitrogen and oxygen atoms in total. The Morgan fingerprint density at radius 1 is 0.844 bits per heavy atom. The molecule has 4 N–H and O–H groups in total. The van der Waals surface area contributed by atoms with Crippen LogP contribution < -0.4 is 0 Å². The molecule has 2 atom stereocenters. The van der Waals surface area contributed by atoms with E-state index in [4.69, 9.17) is 24.9 Å². The van der Waals surface area contributed by atoms with Gasteiger partial charge in [-0.15, -0.1) is 0 Å². The predicted octanol–water partition coefficient (Wildman–Crippen LogP) is 4.59.